The van der Waals surface area contributed by atoms with Crippen LogP contribution in [0.5, 0.6) is 0 Å². The molecule has 3 atom stereocenters. The van der Waals surface area contributed by atoms with Gasteiger partial charge in [-0.25, -0.2) is 0 Å². The van der Waals surface area contributed by atoms with Gasteiger partial charge in [-0.2, -0.15) is 0 Å². The molecule has 3 heterocycles. The number of halogens is 1. The molecule has 3 unspecified atom stereocenters. The van der Waals surface area contributed by atoms with Crippen molar-refractivity contribution in [3.05, 3.63) is 70.4 Å². The molecule has 0 saturated carbocycles. The Morgan fingerprint density at radius 2 is 1.93 bits per heavy atom. The SMILES string of the molecule is CC(C(=O)c1ccccc1)n1c2c(c3cc(Cl)ccc31)C1CCC(C2)N1C. The fourth-order valence-corrected chi connectivity index (χ4v) is 5.35. The van der Waals surface area contributed by atoms with Crippen molar-refractivity contribution >= 4 is 28.3 Å². The first-order valence-corrected chi connectivity index (χ1v) is 10.1. The Morgan fingerprint density at radius 3 is 2.70 bits per heavy atom. The van der Waals surface area contributed by atoms with Gasteiger partial charge in [0.25, 0.3) is 0 Å². The van der Waals surface area contributed by atoms with Gasteiger partial charge in [0.15, 0.2) is 5.78 Å². The summed E-state index contributed by atoms with van der Waals surface area (Å²) in [7, 11) is 2.23. The van der Waals surface area contributed by atoms with E-state index in [2.05, 4.69) is 28.6 Å². The molecule has 1 fully saturated rings. The zero-order chi connectivity index (χ0) is 18.7. The quantitative estimate of drug-likeness (QED) is 0.568. The standard InChI is InChI=1S/C23H23ClN2O/c1-14(23(27)15-6-4-3-5-7-15)26-19-10-8-16(24)12-18(19)22-20-11-9-17(25(20)2)13-21(22)26/h3-8,10,12,14,17,20H,9,11,13H2,1-2H3. The first kappa shape index (κ1) is 17.0. The normalized spacial score (nSPS) is 22.8. The summed E-state index contributed by atoms with van der Waals surface area (Å²) in [6, 6.07) is 16.5. The maximum absolute atomic E-state index is 13.2. The molecule has 2 aliphatic rings. The topological polar surface area (TPSA) is 25.2 Å². The first-order valence-electron chi connectivity index (χ1n) is 9.69. The molecule has 2 aliphatic heterocycles. The summed E-state index contributed by atoms with van der Waals surface area (Å²) in [5.74, 6) is 0.163. The van der Waals surface area contributed by atoms with Crippen molar-refractivity contribution < 1.29 is 4.79 Å². The van der Waals surface area contributed by atoms with E-state index in [0.717, 1.165) is 22.5 Å². The van der Waals surface area contributed by atoms with Crippen LogP contribution < -0.4 is 0 Å². The van der Waals surface area contributed by atoms with Crippen molar-refractivity contribution in [2.24, 2.45) is 0 Å². The minimum absolute atomic E-state index is 0.163. The predicted octanol–water partition coefficient (Wildman–Crippen LogP) is 5.43. The lowest BCUT2D eigenvalue weighted by Gasteiger charge is -2.33. The maximum Gasteiger partial charge on any atom is 0.185 e. The van der Waals surface area contributed by atoms with Gasteiger partial charge in [-0.3, -0.25) is 9.69 Å². The van der Waals surface area contributed by atoms with Gasteiger partial charge in [0.2, 0.25) is 0 Å². The van der Waals surface area contributed by atoms with Crippen LogP contribution in [0.15, 0.2) is 48.5 Å². The van der Waals surface area contributed by atoms with Crippen molar-refractivity contribution in [3.63, 3.8) is 0 Å². The second-order valence-corrected chi connectivity index (χ2v) is 8.35. The van der Waals surface area contributed by atoms with Crippen LogP contribution in [0.3, 0.4) is 0 Å². The number of carbonyl (C=O) groups excluding carboxylic acids is 1. The molecule has 3 aromatic rings. The largest absolute Gasteiger partial charge is 0.334 e. The molecular weight excluding hydrogens is 356 g/mol. The molecule has 138 valence electrons. The number of likely N-dealkylation sites (N-methyl/N-ethyl adjacent to an activating group) is 1. The fraction of sp³-hybridized carbons (Fsp3) is 0.348. The van der Waals surface area contributed by atoms with Gasteiger partial charge in [-0.1, -0.05) is 41.9 Å². The van der Waals surface area contributed by atoms with Gasteiger partial charge < -0.3 is 4.57 Å². The number of rotatable bonds is 3. The number of hydrogen-bond acceptors (Lipinski definition) is 2. The molecular formula is C23H23ClN2O. The monoisotopic (exact) mass is 378 g/mol. The summed E-state index contributed by atoms with van der Waals surface area (Å²) in [5.41, 5.74) is 4.61. The summed E-state index contributed by atoms with van der Waals surface area (Å²) in [6.07, 6.45) is 3.40. The van der Waals surface area contributed by atoms with E-state index < -0.39 is 0 Å². The van der Waals surface area contributed by atoms with Gasteiger partial charge >= 0.3 is 0 Å². The van der Waals surface area contributed by atoms with E-state index in [9.17, 15) is 4.79 Å². The van der Waals surface area contributed by atoms with Crippen LogP contribution in [0.25, 0.3) is 10.9 Å². The molecule has 0 N–H and O–H groups in total. The Labute approximate surface area is 164 Å². The van der Waals surface area contributed by atoms with E-state index >= 15 is 0 Å². The molecule has 27 heavy (non-hydrogen) atoms. The average Bonchev–Trinajstić information content (AvgIpc) is 3.11. The molecule has 0 amide bonds. The molecule has 0 spiro atoms. The predicted molar refractivity (Wildman–Crippen MR) is 110 cm³/mol. The summed E-state index contributed by atoms with van der Waals surface area (Å²) >= 11 is 6.36. The summed E-state index contributed by atoms with van der Waals surface area (Å²) in [5, 5.41) is 1.97. The fourth-order valence-electron chi connectivity index (χ4n) is 5.18. The summed E-state index contributed by atoms with van der Waals surface area (Å²) in [6.45, 7) is 2.03. The second kappa shape index (κ2) is 6.22. The molecule has 0 aliphatic carbocycles. The Hall–Kier alpha value is -2.10. The van der Waals surface area contributed by atoms with Crippen LogP contribution in [0.4, 0.5) is 0 Å². The highest BCUT2D eigenvalue weighted by molar-refractivity contribution is 6.31. The van der Waals surface area contributed by atoms with Crippen LogP contribution >= 0.6 is 11.6 Å². The second-order valence-electron chi connectivity index (χ2n) is 7.91. The van der Waals surface area contributed by atoms with E-state index in [1.807, 2.05) is 43.3 Å². The highest BCUT2D eigenvalue weighted by atomic mass is 35.5. The van der Waals surface area contributed by atoms with E-state index in [1.165, 1.54) is 29.5 Å². The highest BCUT2D eigenvalue weighted by Gasteiger charge is 2.41. The number of carbonyl (C=O) groups is 1. The number of hydrogen-bond donors (Lipinski definition) is 0. The Bertz CT molecular complexity index is 1040. The lowest BCUT2D eigenvalue weighted by Crippen LogP contribution is -2.35. The molecule has 3 nitrogen and oxygen atoms in total. The zero-order valence-electron chi connectivity index (χ0n) is 15.7. The van der Waals surface area contributed by atoms with E-state index in [4.69, 9.17) is 11.6 Å². The highest BCUT2D eigenvalue weighted by Crippen LogP contribution is 2.48. The van der Waals surface area contributed by atoms with Crippen LogP contribution in [-0.2, 0) is 6.42 Å². The van der Waals surface area contributed by atoms with E-state index in [0.29, 0.717) is 12.1 Å². The molecule has 1 aromatic heterocycles. The number of nitrogens with zero attached hydrogens (tertiary/aromatic N) is 2. The van der Waals surface area contributed by atoms with Crippen molar-refractivity contribution in [1.82, 2.24) is 9.47 Å². The van der Waals surface area contributed by atoms with Crippen LogP contribution in [0, 0.1) is 0 Å². The van der Waals surface area contributed by atoms with Crippen LogP contribution in [0.1, 0.15) is 53.5 Å². The average molecular weight is 379 g/mol. The summed E-state index contributed by atoms with van der Waals surface area (Å²) < 4.78 is 2.29. The van der Waals surface area contributed by atoms with E-state index in [1.54, 1.807) is 0 Å². The maximum atomic E-state index is 13.2. The lowest BCUT2D eigenvalue weighted by atomic mass is 9.97. The van der Waals surface area contributed by atoms with Crippen molar-refractivity contribution in [3.8, 4) is 0 Å². The third kappa shape index (κ3) is 2.49. The molecule has 2 bridgehead atoms. The smallest absolute Gasteiger partial charge is 0.185 e. The number of fused-ring (bicyclic) bond motifs is 6. The Morgan fingerprint density at radius 1 is 1.15 bits per heavy atom. The third-order valence-corrected chi connectivity index (χ3v) is 6.77. The molecule has 5 rings (SSSR count). The van der Waals surface area contributed by atoms with Gasteiger partial charge in [0, 0.05) is 45.7 Å². The van der Waals surface area contributed by atoms with Crippen LogP contribution in [-0.4, -0.2) is 28.3 Å². The van der Waals surface area contributed by atoms with Gasteiger partial charge in [-0.05, 0) is 50.6 Å². The van der Waals surface area contributed by atoms with Crippen LogP contribution in [0.2, 0.25) is 5.02 Å². The minimum atomic E-state index is -0.234. The number of aromatic nitrogens is 1. The zero-order valence-corrected chi connectivity index (χ0v) is 16.4. The van der Waals surface area contributed by atoms with Gasteiger partial charge in [0.1, 0.15) is 0 Å². The summed E-state index contributed by atoms with van der Waals surface area (Å²) in [4.78, 5) is 15.7. The third-order valence-electron chi connectivity index (χ3n) is 6.54. The van der Waals surface area contributed by atoms with Crippen molar-refractivity contribution in [1.29, 1.82) is 0 Å². The van der Waals surface area contributed by atoms with Gasteiger partial charge in [-0.15, -0.1) is 0 Å². The van der Waals surface area contributed by atoms with Crippen molar-refractivity contribution in [2.45, 2.75) is 44.3 Å². The van der Waals surface area contributed by atoms with Crippen molar-refractivity contribution in [2.75, 3.05) is 7.05 Å². The molecule has 4 heteroatoms. The Balaban J connectivity index is 1.71. The number of ketones is 1. The minimum Gasteiger partial charge on any atom is -0.334 e. The van der Waals surface area contributed by atoms with E-state index in [-0.39, 0.29) is 11.8 Å². The molecule has 1 saturated heterocycles. The Kier molecular flexibility index (Phi) is 3.92. The lowest BCUT2D eigenvalue weighted by molar-refractivity contribution is 0.0934. The molecule has 2 aromatic carbocycles. The first-order chi connectivity index (χ1) is 13.1. The number of Topliss-reactive ketones (excluding diaryl/α,β-unsaturated/α-hetero) is 1. The molecule has 0 radical (unpaired) electrons. The van der Waals surface area contributed by atoms with Gasteiger partial charge in [0.05, 0.1) is 6.04 Å². The number of benzene rings is 2.